The molecule has 3 rings (SSSR count). The van der Waals surface area contributed by atoms with E-state index >= 15 is 0 Å². The Morgan fingerprint density at radius 2 is 1.90 bits per heavy atom. The molecule has 1 saturated carbocycles. The SMILES string of the molecule is Cc1cccc(NC(=O)[C@@H]2[C@@H](C(=O)[O-])[C@@H]3C=C[C@H]2C3)c1. The van der Waals surface area contributed by atoms with Crippen LogP contribution in [0.15, 0.2) is 36.4 Å². The molecule has 0 radical (unpaired) electrons. The van der Waals surface area contributed by atoms with Crippen molar-refractivity contribution >= 4 is 17.6 Å². The Morgan fingerprint density at radius 1 is 1.20 bits per heavy atom. The summed E-state index contributed by atoms with van der Waals surface area (Å²) >= 11 is 0. The van der Waals surface area contributed by atoms with Gasteiger partial charge in [-0.2, -0.15) is 0 Å². The van der Waals surface area contributed by atoms with E-state index in [2.05, 4.69) is 5.32 Å². The van der Waals surface area contributed by atoms with E-state index in [1.54, 1.807) is 0 Å². The molecule has 4 atom stereocenters. The lowest BCUT2D eigenvalue weighted by Crippen LogP contribution is -2.42. The van der Waals surface area contributed by atoms with Crippen LogP contribution < -0.4 is 10.4 Å². The molecule has 2 aliphatic rings. The molecule has 2 aliphatic carbocycles. The number of hydrogen-bond acceptors (Lipinski definition) is 3. The maximum Gasteiger partial charge on any atom is 0.228 e. The quantitative estimate of drug-likeness (QED) is 0.837. The average Bonchev–Trinajstić information content (AvgIpc) is 2.98. The number of carboxylic acid groups (broad SMARTS) is 1. The third-order valence-electron chi connectivity index (χ3n) is 4.32. The lowest BCUT2D eigenvalue weighted by molar-refractivity contribution is -0.313. The van der Waals surface area contributed by atoms with E-state index in [4.69, 9.17) is 0 Å². The fourth-order valence-corrected chi connectivity index (χ4v) is 3.45. The minimum absolute atomic E-state index is 0.0210. The fraction of sp³-hybridized carbons (Fsp3) is 0.375. The summed E-state index contributed by atoms with van der Waals surface area (Å²) in [4.78, 5) is 23.7. The minimum atomic E-state index is -1.12. The first-order chi connectivity index (χ1) is 9.56. The molecule has 0 spiro atoms. The van der Waals surface area contributed by atoms with Gasteiger partial charge in [-0.1, -0.05) is 24.3 Å². The van der Waals surface area contributed by atoms with E-state index in [1.807, 2.05) is 43.3 Å². The molecule has 0 heterocycles. The van der Waals surface area contributed by atoms with Crippen molar-refractivity contribution in [2.24, 2.45) is 23.7 Å². The zero-order valence-corrected chi connectivity index (χ0v) is 11.2. The summed E-state index contributed by atoms with van der Waals surface area (Å²) in [6, 6.07) is 7.48. The van der Waals surface area contributed by atoms with E-state index in [1.165, 1.54) is 0 Å². The molecule has 0 aromatic heterocycles. The van der Waals surface area contributed by atoms with Gasteiger partial charge in [-0.15, -0.1) is 0 Å². The van der Waals surface area contributed by atoms with Crippen LogP contribution in [0, 0.1) is 30.6 Å². The Bertz CT molecular complexity index is 593. The van der Waals surface area contributed by atoms with Crippen molar-refractivity contribution in [3.63, 3.8) is 0 Å². The molecule has 0 saturated heterocycles. The topological polar surface area (TPSA) is 69.2 Å². The molecule has 4 heteroatoms. The van der Waals surface area contributed by atoms with E-state index in [-0.39, 0.29) is 17.7 Å². The molecular weight excluding hydrogens is 254 g/mol. The second-order valence-corrected chi connectivity index (χ2v) is 5.68. The minimum Gasteiger partial charge on any atom is -0.550 e. The van der Waals surface area contributed by atoms with Gasteiger partial charge in [-0.05, 0) is 42.9 Å². The second-order valence-electron chi connectivity index (χ2n) is 5.68. The number of amides is 1. The Morgan fingerprint density at radius 3 is 2.55 bits per heavy atom. The first kappa shape index (κ1) is 12.9. The Balaban J connectivity index is 1.80. The van der Waals surface area contributed by atoms with Gasteiger partial charge in [0, 0.05) is 17.6 Å². The van der Waals surface area contributed by atoms with E-state index in [9.17, 15) is 14.7 Å². The van der Waals surface area contributed by atoms with Crippen molar-refractivity contribution in [1.29, 1.82) is 0 Å². The molecule has 0 aliphatic heterocycles. The van der Waals surface area contributed by atoms with E-state index < -0.39 is 17.8 Å². The largest absolute Gasteiger partial charge is 0.550 e. The third kappa shape index (κ3) is 2.11. The zero-order valence-electron chi connectivity index (χ0n) is 11.2. The molecule has 0 unspecified atom stereocenters. The summed E-state index contributed by atoms with van der Waals surface area (Å²) in [5, 5.41) is 14.1. The highest BCUT2D eigenvalue weighted by molar-refractivity contribution is 5.96. The molecule has 104 valence electrons. The summed E-state index contributed by atoms with van der Waals surface area (Å²) < 4.78 is 0. The van der Waals surface area contributed by atoms with Crippen LogP contribution in [0.2, 0.25) is 0 Å². The van der Waals surface area contributed by atoms with Gasteiger partial charge in [-0.3, -0.25) is 4.79 Å². The number of fused-ring (bicyclic) bond motifs is 2. The van der Waals surface area contributed by atoms with Gasteiger partial charge in [0.1, 0.15) is 0 Å². The zero-order chi connectivity index (χ0) is 14.3. The smallest absolute Gasteiger partial charge is 0.228 e. The number of rotatable bonds is 3. The van der Waals surface area contributed by atoms with Crippen molar-refractivity contribution in [3.8, 4) is 0 Å². The van der Waals surface area contributed by atoms with Crippen LogP contribution >= 0.6 is 0 Å². The number of nitrogens with one attached hydrogen (secondary N) is 1. The molecule has 1 aromatic rings. The van der Waals surface area contributed by atoms with Crippen molar-refractivity contribution < 1.29 is 14.7 Å². The Hall–Kier alpha value is -2.10. The molecule has 1 fully saturated rings. The Labute approximate surface area is 117 Å². The van der Waals surface area contributed by atoms with Crippen molar-refractivity contribution in [2.45, 2.75) is 13.3 Å². The van der Waals surface area contributed by atoms with Gasteiger partial charge in [0.15, 0.2) is 0 Å². The second kappa shape index (κ2) is 4.78. The molecule has 1 N–H and O–H groups in total. The van der Waals surface area contributed by atoms with Crippen molar-refractivity contribution in [2.75, 3.05) is 5.32 Å². The highest BCUT2D eigenvalue weighted by atomic mass is 16.4. The van der Waals surface area contributed by atoms with Crippen LogP contribution in [0.3, 0.4) is 0 Å². The highest BCUT2D eigenvalue weighted by Crippen LogP contribution is 2.48. The van der Waals surface area contributed by atoms with Crippen LogP contribution in [-0.4, -0.2) is 11.9 Å². The third-order valence-corrected chi connectivity index (χ3v) is 4.32. The number of carbonyl (C=O) groups excluding carboxylic acids is 2. The summed E-state index contributed by atoms with van der Waals surface area (Å²) in [6.45, 7) is 1.94. The summed E-state index contributed by atoms with van der Waals surface area (Å²) in [7, 11) is 0. The van der Waals surface area contributed by atoms with Crippen LogP contribution in [0.25, 0.3) is 0 Å². The average molecular weight is 270 g/mol. The number of carbonyl (C=O) groups is 2. The van der Waals surface area contributed by atoms with Gasteiger partial charge < -0.3 is 15.2 Å². The maximum absolute atomic E-state index is 12.4. The molecule has 20 heavy (non-hydrogen) atoms. The van der Waals surface area contributed by atoms with Gasteiger partial charge in [-0.25, -0.2) is 0 Å². The predicted octanol–water partition coefficient (Wildman–Crippen LogP) is 1.12. The molecule has 2 bridgehead atoms. The normalized spacial score (nSPS) is 30.4. The van der Waals surface area contributed by atoms with Gasteiger partial charge >= 0.3 is 0 Å². The number of allylic oxidation sites excluding steroid dienone is 2. The highest BCUT2D eigenvalue weighted by Gasteiger charge is 2.48. The van der Waals surface area contributed by atoms with Crippen LogP contribution in [0.1, 0.15) is 12.0 Å². The lowest BCUT2D eigenvalue weighted by atomic mass is 9.82. The fourth-order valence-electron chi connectivity index (χ4n) is 3.45. The molecule has 4 nitrogen and oxygen atoms in total. The summed E-state index contributed by atoms with van der Waals surface area (Å²) in [5.41, 5.74) is 1.76. The number of aryl methyl sites for hydroxylation is 1. The van der Waals surface area contributed by atoms with Crippen molar-refractivity contribution in [3.05, 3.63) is 42.0 Å². The first-order valence-corrected chi connectivity index (χ1v) is 6.83. The van der Waals surface area contributed by atoms with Gasteiger partial charge in [0.05, 0.1) is 5.92 Å². The lowest BCUT2D eigenvalue weighted by Gasteiger charge is -2.27. The van der Waals surface area contributed by atoms with Crippen molar-refractivity contribution in [1.82, 2.24) is 0 Å². The summed E-state index contributed by atoms with van der Waals surface area (Å²) in [6.07, 6.45) is 4.61. The number of carboxylic acids is 1. The van der Waals surface area contributed by atoms with Gasteiger partial charge in [0.2, 0.25) is 5.91 Å². The number of benzene rings is 1. The summed E-state index contributed by atoms with van der Waals surface area (Å²) in [5.74, 6) is -2.59. The van der Waals surface area contributed by atoms with Gasteiger partial charge in [0.25, 0.3) is 0 Å². The predicted molar refractivity (Wildman–Crippen MR) is 72.5 cm³/mol. The molecular formula is C16H16NO3-. The number of hydrogen-bond donors (Lipinski definition) is 1. The number of anilines is 1. The van der Waals surface area contributed by atoms with Crippen LogP contribution in [0.4, 0.5) is 5.69 Å². The Kier molecular flexibility index (Phi) is 3.08. The van der Waals surface area contributed by atoms with E-state index in [0.29, 0.717) is 5.69 Å². The molecule has 1 amide bonds. The van der Waals surface area contributed by atoms with E-state index in [0.717, 1.165) is 12.0 Å². The number of aliphatic carboxylic acids is 1. The first-order valence-electron chi connectivity index (χ1n) is 6.83. The van der Waals surface area contributed by atoms with Crippen LogP contribution in [0.5, 0.6) is 0 Å². The van der Waals surface area contributed by atoms with Crippen LogP contribution in [-0.2, 0) is 9.59 Å². The maximum atomic E-state index is 12.4. The standard InChI is InChI=1S/C16H17NO3/c1-9-3-2-4-12(7-9)17-15(18)13-10-5-6-11(8-10)14(13)16(19)20/h2-7,10-11,13-14H,8H2,1H3,(H,17,18)(H,19,20)/p-1/t10-,11+,13-,14-/m0/s1. The monoisotopic (exact) mass is 270 g/mol. The molecule has 1 aromatic carbocycles.